The first-order valence-electron chi connectivity index (χ1n) is 7.98. The second kappa shape index (κ2) is 9.10. The van der Waals surface area contributed by atoms with Crippen LogP contribution >= 0.6 is 11.6 Å². The number of carbonyl (C=O) groups is 2. The first-order valence-corrected chi connectivity index (χ1v) is 8.36. The molecule has 7 heteroatoms. The first kappa shape index (κ1) is 19.6. The van der Waals surface area contributed by atoms with Crippen molar-refractivity contribution in [3.05, 3.63) is 52.5 Å². The minimum absolute atomic E-state index is 0.00346. The summed E-state index contributed by atoms with van der Waals surface area (Å²) >= 11 is 5.89. The average Bonchev–Trinajstić information content (AvgIpc) is 2.61. The maximum Gasteiger partial charge on any atom is 0.337 e. The van der Waals surface area contributed by atoms with E-state index >= 15 is 0 Å². The predicted octanol–water partition coefficient (Wildman–Crippen LogP) is 4.02. The van der Waals surface area contributed by atoms with Crippen molar-refractivity contribution in [2.45, 2.75) is 19.3 Å². The zero-order valence-corrected chi connectivity index (χ0v) is 15.3. The molecule has 0 saturated heterocycles. The van der Waals surface area contributed by atoms with Crippen LogP contribution in [-0.4, -0.2) is 31.2 Å². The molecule has 2 rings (SSSR count). The van der Waals surface area contributed by atoms with Crippen molar-refractivity contribution in [2.24, 2.45) is 0 Å². The van der Waals surface area contributed by atoms with E-state index in [-0.39, 0.29) is 16.5 Å². The Morgan fingerprint density at radius 2 is 1.88 bits per heavy atom. The summed E-state index contributed by atoms with van der Waals surface area (Å²) in [6.07, 6.45) is 1.63. The van der Waals surface area contributed by atoms with Crippen LogP contribution in [-0.2, 0) is 11.2 Å². The number of carbonyl (C=O) groups excluding carboxylic acids is 1. The smallest absolute Gasteiger partial charge is 0.337 e. The van der Waals surface area contributed by atoms with E-state index in [4.69, 9.17) is 26.2 Å². The number of ether oxygens (including phenoxy) is 2. The lowest BCUT2D eigenvalue weighted by atomic mass is 10.1. The van der Waals surface area contributed by atoms with Crippen LogP contribution in [0.2, 0.25) is 5.02 Å². The minimum Gasteiger partial charge on any atom is -0.497 e. The first-order chi connectivity index (χ1) is 12.4. The van der Waals surface area contributed by atoms with Crippen molar-refractivity contribution >= 4 is 29.2 Å². The van der Waals surface area contributed by atoms with Gasteiger partial charge < -0.3 is 19.9 Å². The van der Waals surface area contributed by atoms with Gasteiger partial charge in [0.25, 0.3) is 0 Å². The fraction of sp³-hybridized carbons (Fsp3) is 0.263. The highest BCUT2D eigenvalue weighted by molar-refractivity contribution is 6.33. The maximum absolute atomic E-state index is 12.1. The molecule has 0 saturated carbocycles. The van der Waals surface area contributed by atoms with E-state index in [9.17, 15) is 9.59 Å². The molecule has 0 spiro atoms. The van der Waals surface area contributed by atoms with Crippen LogP contribution in [0.15, 0.2) is 36.4 Å². The topological polar surface area (TPSA) is 84.9 Å². The number of hydrogen-bond acceptors (Lipinski definition) is 4. The van der Waals surface area contributed by atoms with Crippen molar-refractivity contribution in [1.82, 2.24) is 0 Å². The normalized spacial score (nSPS) is 10.3. The second-order valence-electron chi connectivity index (χ2n) is 5.58. The molecule has 0 bridgehead atoms. The fourth-order valence-corrected chi connectivity index (χ4v) is 2.75. The third-order valence-electron chi connectivity index (χ3n) is 3.83. The average molecular weight is 378 g/mol. The molecule has 2 N–H and O–H groups in total. The second-order valence-corrected chi connectivity index (χ2v) is 5.99. The molecule has 0 aliphatic carbocycles. The molecule has 6 nitrogen and oxygen atoms in total. The number of nitrogens with one attached hydrogen (secondary N) is 1. The molecule has 138 valence electrons. The van der Waals surface area contributed by atoms with Crippen molar-refractivity contribution in [2.75, 3.05) is 19.5 Å². The number of carboxylic acids is 1. The Morgan fingerprint density at radius 1 is 1.12 bits per heavy atom. The molecule has 0 aromatic heterocycles. The van der Waals surface area contributed by atoms with Gasteiger partial charge in [0.05, 0.1) is 24.8 Å². The van der Waals surface area contributed by atoms with Crippen LogP contribution in [0.1, 0.15) is 28.8 Å². The molecule has 0 heterocycles. The number of carboxylic acid groups (broad SMARTS) is 1. The van der Waals surface area contributed by atoms with E-state index in [1.54, 1.807) is 20.3 Å². The van der Waals surface area contributed by atoms with Gasteiger partial charge in [-0.15, -0.1) is 0 Å². The van der Waals surface area contributed by atoms with Crippen LogP contribution in [0.25, 0.3) is 0 Å². The highest BCUT2D eigenvalue weighted by atomic mass is 35.5. The van der Waals surface area contributed by atoms with E-state index in [1.807, 2.05) is 12.1 Å². The lowest BCUT2D eigenvalue weighted by molar-refractivity contribution is -0.116. The van der Waals surface area contributed by atoms with Gasteiger partial charge in [-0.1, -0.05) is 17.7 Å². The summed E-state index contributed by atoms with van der Waals surface area (Å²) in [5, 5.41) is 11.7. The third kappa shape index (κ3) is 5.13. The third-order valence-corrected chi connectivity index (χ3v) is 4.14. The highest BCUT2D eigenvalue weighted by Gasteiger charge is 2.11. The molecule has 2 aromatic rings. The zero-order valence-electron chi connectivity index (χ0n) is 14.5. The number of halogens is 1. The summed E-state index contributed by atoms with van der Waals surface area (Å²) in [4.78, 5) is 23.0. The maximum atomic E-state index is 12.1. The van der Waals surface area contributed by atoms with Crippen LogP contribution in [0.5, 0.6) is 11.5 Å². The number of hydrogen-bond donors (Lipinski definition) is 2. The monoisotopic (exact) mass is 377 g/mol. The number of methoxy groups -OCH3 is 2. The summed E-state index contributed by atoms with van der Waals surface area (Å²) in [5.74, 6) is 0.156. The Balaban J connectivity index is 1.89. The fourth-order valence-electron chi connectivity index (χ4n) is 2.49. The molecular formula is C19H20ClNO5. The molecule has 0 unspecified atom stereocenters. The van der Waals surface area contributed by atoms with Crippen molar-refractivity contribution < 1.29 is 24.2 Å². The molecule has 0 atom stereocenters. The molecule has 0 aliphatic rings. The number of aryl methyl sites for hydroxylation is 1. The van der Waals surface area contributed by atoms with Crippen molar-refractivity contribution in [3.63, 3.8) is 0 Å². The number of rotatable bonds is 8. The molecule has 1 amide bonds. The Kier molecular flexibility index (Phi) is 6.86. The summed E-state index contributed by atoms with van der Waals surface area (Å²) in [6.45, 7) is 0. The molecule has 2 aromatic carbocycles. The molecule has 0 radical (unpaired) electrons. The Hall–Kier alpha value is -2.73. The van der Waals surface area contributed by atoms with Gasteiger partial charge in [0.15, 0.2) is 0 Å². The van der Waals surface area contributed by atoms with Crippen LogP contribution in [0.3, 0.4) is 0 Å². The van der Waals surface area contributed by atoms with Gasteiger partial charge in [-0.05, 0) is 42.7 Å². The largest absolute Gasteiger partial charge is 0.497 e. The summed E-state index contributed by atoms with van der Waals surface area (Å²) in [7, 11) is 3.18. The number of amides is 1. The number of aromatic carboxylic acids is 1. The van der Waals surface area contributed by atoms with Crippen LogP contribution < -0.4 is 14.8 Å². The van der Waals surface area contributed by atoms with Gasteiger partial charge in [0.2, 0.25) is 5.91 Å². The summed E-state index contributed by atoms with van der Waals surface area (Å²) in [6, 6.07) is 9.88. The van der Waals surface area contributed by atoms with E-state index in [2.05, 4.69) is 5.32 Å². The minimum atomic E-state index is -1.11. The lowest BCUT2D eigenvalue weighted by Crippen LogP contribution is -2.12. The van der Waals surface area contributed by atoms with Crippen LogP contribution in [0, 0.1) is 0 Å². The molecular weight excluding hydrogens is 358 g/mol. The molecule has 0 aliphatic heterocycles. The van der Waals surface area contributed by atoms with E-state index in [0.717, 1.165) is 11.3 Å². The predicted molar refractivity (Wildman–Crippen MR) is 99.5 cm³/mol. The summed E-state index contributed by atoms with van der Waals surface area (Å²) < 4.78 is 10.5. The van der Waals surface area contributed by atoms with Crippen LogP contribution in [0.4, 0.5) is 5.69 Å². The highest BCUT2D eigenvalue weighted by Crippen LogP contribution is 2.26. The van der Waals surface area contributed by atoms with Gasteiger partial charge in [-0.2, -0.15) is 0 Å². The van der Waals surface area contributed by atoms with Crippen molar-refractivity contribution in [1.29, 1.82) is 0 Å². The Labute approximate surface area is 156 Å². The van der Waals surface area contributed by atoms with Gasteiger partial charge >= 0.3 is 5.97 Å². The zero-order chi connectivity index (χ0) is 19.1. The standard InChI is InChI=1S/C19H20ClNO5/c1-25-14-8-6-12(17(11-14)26-2)4-3-5-18(22)21-13-7-9-15(19(23)24)16(20)10-13/h6-11H,3-5H2,1-2H3,(H,21,22)(H,23,24). The van der Waals surface area contributed by atoms with E-state index in [0.29, 0.717) is 30.7 Å². The van der Waals surface area contributed by atoms with E-state index in [1.165, 1.54) is 18.2 Å². The van der Waals surface area contributed by atoms with E-state index < -0.39 is 5.97 Å². The van der Waals surface area contributed by atoms with Gasteiger partial charge in [0, 0.05) is 18.2 Å². The Bertz CT molecular complexity index is 807. The SMILES string of the molecule is COc1ccc(CCCC(=O)Nc2ccc(C(=O)O)c(Cl)c2)c(OC)c1. The number of benzene rings is 2. The molecule has 0 fully saturated rings. The summed E-state index contributed by atoms with van der Waals surface area (Å²) in [5.41, 5.74) is 1.46. The quantitative estimate of drug-likeness (QED) is 0.725. The number of anilines is 1. The van der Waals surface area contributed by atoms with Gasteiger partial charge in [0.1, 0.15) is 11.5 Å². The molecule has 26 heavy (non-hydrogen) atoms. The van der Waals surface area contributed by atoms with Gasteiger partial charge in [-0.25, -0.2) is 4.79 Å². The Morgan fingerprint density at radius 3 is 2.50 bits per heavy atom. The lowest BCUT2D eigenvalue weighted by Gasteiger charge is -2.10. The van der Waals surface area contributed by atoms with Gasteiger partial charge in [-0.3, -0.25) is 4.79 Å². The van der Waals surface area contributed by atoms with Crippen molar-refractivity contribution in [3.8, 4) is 11.5 Å².